The van der Waals surface area contributed by atoms with Crippen molar-refractivity contribution in [2.45, 2.75) is 20.3 Å². The number of carbonyl (C=O) groups is 1. The van der Waals surface area contributed by atoms with Gasteiger partial charge in [-0.15, -0.1) is 0 Å². The molecule has 20 heavy (non-hydrogen) atoms. The number of H-pyrrole nitrogens is 2. The first kappa shape index (κ1) is 13.7. The lowest BCUT2D eigenvalue weighted by atomic mass is 10.2. The number of hydrazone groups is 1. The van der Waals surface area contributed by atoms with Gasteiger partial charge in [-0.25, -0.2) is 5.43 Å². The summed E-state index contributed by atoms with van der Waals surface area (Å²) in [5.41, 5.74) is 4.67. The number of nitrogens with zero attached hydrogens (tertiary/aromatic N) is 2. The van der Waals surface area contributed by atoms with Gasteiger partial charge in [0, 0.05) is 29.2 Å². The normalized spacial score (nSPS) is 11.4. The number of pyridine rings is 1. The fourth-order valence-electron chi connectivity index (χ4n) is 1.67. The van der Waals surface area contributed by atoms with Gasteiger partial charge in [-0.3, -0.25) is 19.7 Å². The summed E-state index contributed by atoms with van der Waals surface area (Å²) in [6.45, 7) is 3.50. The molecule has 7 nitrogen and oxygen atoms in total. The minimum Gasteiger partial charge on any atom is -0.302 e. The van der Waals surface area contributed by atoms with Gasteiger partial charge in [-0.1, -0.05) is 6.07 Å². The Kier molecular flexibility index (Phi) is 4.09. The highest BCUT2D eigenvalue weighted by molar-refractivity contribution is 5.98. The van der Waals surface area contributed by atoms with E-state index in [1.165, 1.54) is 0 Å². The molecule has 0 aliphatic rings. The molecule has 0 aromatic carbocycles. The van der Waals surface area contributed by atoms with Gasteiger partial charge in [-0.2, -0.15) is 5.10 Å². The van der Waals surface area contributed by atoms with Crippen LogP contribution in [-0.4, -0.2) is 26.8 Å². The molecule has 0 saturated carbocycles. The average Bonchev–Trinajstić information content (AvgIpc) is 2.77. The Morgan fingerprint density at radius 1 is 1.45 bits per heavy atom. The van der Waals surface area contributed by atoms with Gasteiger partial charge in [0.25, 0.3) is 5.56 Å². The number of aryl methyl sites for hydroxylation is 1. The van der Waals surface area contributed by atoms with Crippen LogP contribution in [0.3, 0.4) is 0 Å². The van der Waals surface area contributed by atoms with Crippen molar-refractivity contribution in [1.29, 1.82) is 0 Å². The summed E-state index contributed by atoms with van der Waals surface area (Å²) >= 11 is 0. The smallest absolute Gasteiger partial charge is 0.267 e. The Labute approximate surface area is 115 Å². The summed E-state index contributed by atoms with van der Waals surface area (Å²) < 4.78 is 0. The zero-order chi connectivity index (χ0) is 14.5. The lowest BCUT2D eigenvalue weighted by Gasteiger charge is -2.02. The van der Waals surface area contributed by atoms with Crippen LogP contribution in [0.2, 0.25) is 0 Å². The molecule has 0 bridgehead atoms. The zero-order valence-corrected chi connectivity index (χ0v) is 11.2. The zero-order valence-electron chi connectivity index (χ0n) is 11.2. The summed E-state index contributed by atoms with van der Waals surface area (Å²) in [5, 5.41) is 9.09. The lowest BCUT2D eigenvalue weighted by Crippen LogP contribution is -2.24. The number of hydrogen-bond acceptors (Lipinski definition) is 4. The first-order valence-electron chi connectivity index (χ1n) is 6.07. The van der Waals surface area contributed by atoms with Crippen LogP contribution < -0.4 is 11.0 Å². The SMILES string of the molecule is CC(=NNC(=O)Cc1c(C)[nH][nH]c1=O)c1cccnc1. The van der Waals surface area contributed by atoms with Crippen LogP contribution >= 0.6 is 0 Å². The van der Waals surface area contributed by atoms with E-state index in [-0.39, 0.29) is 17.9 Å². The summed E-state index contributed by atoms with van der Waals surface area (Å²) in [5.74, 6) is -0.346. The second-order valence-corrected chi connectivity index (χ2v) is 4.33. The van der Waals surface area contributed by atoms with E-state index in [0.717, 1.165) is 5.56 Å². The van der Waals surface area contributed by atoms with Crippen LogP contribution in [-0.2, 0) is 11.2 Å². The highest BCUT2D eigenvalue weighted by atomic mass is 16.2. The van der Waals surface area contributed by atoms with Crippen LogP contribution in [0.5, 0.6) is 0 Å². The topological polar surface area (TPSA) is 103 Å². The average molecular weight is 273 g/mol. The van der Waals surface area contributed by atoms with Crippen LogP contribution in [0.4, 0.5) is 0 Å². The van der Waals surface area contributed by atoms with Crippen molar-refractivity contribution in [3.63, 3.8) is 0 Å². The second kappa shape index (κ2) is 5.96. The predicted octanol–water partition coefficient (Wildman–Crippen LogP) is 0.489. The van der Waals surface area contributed by atoms with E-state index in [4.69, 9.17) is 0 Å². The van der Waals surface area contributed by atoms with Crippen LogP contribution in [0.1, 0.15) is 23.7 Å². The van der Waals surface area contributed by atoms with E-state index >= 15 is 0 Å². The molecule has 2 aromatic rings. The molecule has 1 amide bonds. The molecule has 3 N–H and O–H groups in total. The van der Waals surface area contributed by atoms with Crippen molar-refractivity contribution in [3.05, 3.63) is 51.7 Å². The van der Waals surface area contributed by atoms with Crippen LogP contribution in [0.25, 0.3) is 0 Å². The van der Waals surface area contributed by atoms with Gasteiger partial charge < -0.3 is 5.10 Å². The number of aromatic nitrogens is 3. The largest absolute Gasteiger partial charge is 0.302 e. The highest BCUT2D eigenvalue weighted by Crippen LogP contribution is 1.99. The summed E-state index contributed by atoms with van der Waals surface area (Å²) in [4.78, 5) is 27.1. The number of rotatable bonds is 4. The summed E-state index contributed by atoms with van der Waals surface area (Å²) in [6, 6.07) is 3.64. The van der Waals surface area contributed by atoms with Gasteiger partial charge in [0.15, 0.2) is 0 Å². The van der Waals surface area contributed by atoms with E-state index in [1.54, 1.807) is 32.3 Å². The number of nitrogens with one attached hydrogen (secondary N) is 3. The molecule has 7 heteroatoms. The molecule has 2 aromatic heterocycles. The van der Waals surface area contributed by atoms with Crippen molar-refractivity contribution in [1.82, 2.24) is 20.6 Å². The third kappa shape index (κ3) is 3.19. The molecule has 0 radical (unpaired) electrons. The molecular formula is C13H15N5O2. The van der Waals surface area contributed by atoms with Crippen molar-refractivity contribution >= 4 is 11.6 Å². The van der Waals surface area contributed by atoms with E-state index < -0.39 is 0 Å². The van der Waals surface area contributed by atoms with E-state index in [1.807, 2.05) is 6.07 Å². The number of amides is 1. The Morgan fingerprint density at radius 3 is 2.85 bits per heavy atom. The van der Waals surface area contributed by atoms with Crippen LogP contribution in [0.15, 0.2) is 34.4 Å². The van der Waals surface area contributed by atoms with Crippen molar-refractivity contribution in [3.8, 4) is 0 Å². The maximum absolute atomic E-state index is 11.8. The minimum absolute atomic E-state index is 0.0194. The van der Waals surface area contributed by atoms with E-state index in [9.17, 15) is 9.59 Å². The molecule has 0 atom stereocenters. The predicted molar refractivity (Wildman–Crippen MR) is 74.4 cm³/mol. The Hall–Kier alpha value is -2.70. The molecule has 0 aliphatic carbocycles. The van der Waals surface area contributed by atoms with Crippen molar-refractivity contribution < 1.29 is 4.79 Å². The molecule has 0 fully saturated rings. The fraction of sp³-hybridized carbons (Fsp3) is 0.231. The lowest BCUT2D eigenvalue weighted by molar-refractivity contribution is -0.120. The first-order chi connectivity index (χ1) is 9.58. The quantitative estimate of drug-likeness (QED) is 0.558. The fourth-order valence-corrected chi connectivity index (χ4v) is 1.67. The molecular weight excluding hydrogens is 258 g/mol. The van der Waals surface area contributed by atoms with Crippen molar-refractivity contribution in [2.75, 3.05) is 0 Å². The number of carbonyl (C=O) groups excluding carboxylic acids is 1. The molecule has 0 saturated heterocycles. The van der Waals surface area contributed by atoms with Gasteiger partial charge in [-0.05, 0) is 19.9 Å². The standard InChI is InChI=1S/C13H15N5O2/c1-8(10-4-3-5-14-7-10)15-17-12(19)6-11-9(2)16-18-13(11)20/h3-5,7H,6H2,1-2H3,(H,17,19)(H2,16,18,20). The van der Waals surface area contributed by atoms with E-state index in [2.05, 4.69) is 25.7 Å². The minimum atomic E-state index is -0.346. The van der Waals surface area contributed by atoms with Gasteiger partial charge in [0.2, 0.25) is 5.91 Å². The first-order valence-corrected chi connectivity index (χ1v) is 6.07. The van der Waals surface area contributed by atoms with Gasteiger partial charge >= 0.3 is 0 Å². The number of hydrogen-bond donors (Lipinski definition) is 3. The third-order valence-corrected chi connectivity index (χ3v) is 2.86. The van der Waals surface area contributed by atoms with Crippen LogP contribution in [0, 0.1) is 6.92 Å². The summed E-state index contributed by atoms with van der Waals surface area (Å²) in [7, 11) is 0. The molecule has 2 heterocycles. The van der Waals surface area contributed by atoms with Gasteiger partial charge in [0.1, 0.15) is 0 Å². The van der Waals surface area contributed by atoms with E-state index in [0.29, 0.717) is 17.0 Å². The molecule has 104 valence electrons. The second-order valence-electron chi connectivity index (χ2n) is 4.33. The monoisotopic (exact) mass is 273 g/mol. The Bertz CT molecular complexity index is 684. The van der Waals surface area contributed by atoms with Crippen molar-refractivity contribution in [2.24, 2.45) is 5.10 Å². The Balaban J connectivity index is 2.01. The maximum Gasteiger partial charge on any atom is 0.267 e. The molecule has 0 spiro atoms. The summed E-state index contributed by atoms with van der Waals surface area (Å²) in [6.07, 6.45) is 3.30. The highest BCUT2D eigenvalue weighted by Gasteiger charge is 2.11. The molecule has 0 aliphatic heterocycles. The third-order valence-electron chi connectivity index (χ3n) is 2.86. The number of aromatic amines is 2. The molecule has 0 unspecified atom stereocenters. The molecule has 2 rings (SSSR count). The Morgan fingerprint density at radius 2 is 2.25 bits per heavy atom. The van der Waals surface area contributed by atoms with Gasteiger partial charge in [0.05, 0.1) is 12.1 Å². The maximum atomic E-state index is 11.8.